The molecule has 0 atom stereocenters. The van der Waals surface area contributed by atoms with E-state index < -0.39 is 0 Å². The van der Waals surface area contributed by atoms with Gasteiger partial charge in [-0.2, -0.15) is 0 Å². The number of imide groups is 1. The van der Waals surface area contributed by atoms with Gasteiger partial charge in [0.25, 0.3) is 11.1 Å². The van der Waals surface area contributed by atoms with Gasteiger partial charge in [-0.05, 0) is 64.5 Å². The Kier molecular flexibility index (Phi) is 7.26. The summed E-state index contributed by atoms with van der Waals surface area (Å²) in [6.07, 6.45) is 1.75. The molecule has 7 heteroatoms. The number of thioether (sulfide) groups is 1. The van der Waals surface area contributed by atoms with Crippen molar-refractivity contribution in [2.45, 2.75) is 6.61 Å². The lowest BCUT2D eigenvalue weighted by Crippen LogP contribution is -2.32. The van der Waals surface area contributed by atoms with E-state index in [4.69, 9.17) is 21.1 Å². The second-order valence-corrected chi connectivity index (χ2v) is 9.54. The second kappa shape index (κ2) is 10.9. The SMILES string of the molecule is O=C1S/C(=C\c2c(OCc3ccc(Cl)cc3)ccc3ccccc23)C(=O)N1CCOc1ccccc1. The van der Waals surface area contributed by atoms with Gasteiger partial charge in [-0.3, -0.25) is 14.5 Å². The quantitative estimate of drug-likeness (QED) is 0.232. The number of carbonyl (C=O) groups is 2. The summed E-state index contributed by atoms with van der Waals surface area (Å²) in [4.78, 5) is 27.3. The molecule has 36 heavy (non-hydrogen) atoms. The van der Waals surface area contributed by atoms with Crippen LogP contribution in [0.25, 0.3) is 16.8 Å². The zero-order chi connectivity index (χ0) is 24.9. The summed E-state index contributed by atoms with van der Waals surface area (Å²) in [6.45, 7) is 0.736. The average molecular weight is 516 g/mol. The Morgan fingerprint density at radius 3 is 2.39 bits per heavy atom. The fraction of sp³-hybridized carbons (Fsp3) is 0.103. The monoisotopic (exact) mass is 515 g/mol. The number of nitrogens with zero attached hydrogens (tertiary/aromatic N) is 1. The lowest BCUT2D eigenvalue weighted by molar-refractivity contribution is -0.123. The van der Waals surface area contributed by atoms with Crippen molar-refractivity contribution >= 4 is 51.4 Å². The number of hydrogen-bond acceptors (Lipinski definition) is 5. The van der Waals surface area contributed by atoms with Crippen LogP contribution in [0, 0.1) is 0 Å². The Balaban J connectivity index is 1.38. The highest BCUT2D eigenvalue weighted by Gasteiger charge is 2.35. The van der Waals surface area contributed by atoms with E-state index in [-0.39, 0.29) is 24.3 Å². The fourth-order valence-electron chi connectivity index (χ4n) is 3.89. The van der Waals surface area contributed by atoms with Crippen molar-refractivity contribution in [1.29, 1.82) is 0 Å². The molecule has 0 N–H and O–H groups in total. The summed E-state index contributed by atoms with van der Waals surface area (Å²) < 4.78 is 11.8. The molecule has 0 unspecified atom stereocenters. The Bertz CT molecular complexity index is 1440. The summed E-state index contributed by atoms with van der Waals surface area (Å²) in [5, 5.41) is 2.30. The van der Waals surface area contributed by atoms with E-state index in [1.807, 2.05) is 91.0 Å². The number of benzene rings is 4. The number of fused-ring (bicyclic) bond motifs is 1. The van der Waals surface area contributed by atoms with Crippen LogP contribution in [0.15, 0.2) is 95.9 Å². The van der Waals surface area contributed by atoms with Crippen LogP contribution in [-0.4, -0.2) is 29.2 Å². The number of amides is 2. The van der Waals surface area contributed by atoms with Gasteiger partial charge in [-0.25, -0.2) is 0 Å². The maximum absolute atomic E-state index is 13.1. The van der Waals surface area contributed by atoms with Crippen LogP contribution >= 0.6 is 23.4 Å². The third-order valence-corrected chi connectivity index (χ3v) is 6.87. The van der Waals surface area contributed by atoms with Gasteiger partial charge < -0.3 is 9.47 Å². The normalized spacial score (nSPS) is 14.6. The molecule has 4 aromatic rings. The van der Waals surface area contributed by atoms with Crippen LogP contribution in [0.2, 0.25) is 5.02 Å². The first kappa shape index (κ1) is 24.0. The summed E-state index contributed by atoms with van der Waals surface area (Å²) in [5.74, 6) is 0.986. The Labute approximate surface area is 218 Å². The smallest absolute Gasteiger partial charge is 0.293 e. The first-order valence-electron chi connectivity index (χ1n) is 11.4. The average Bonchev–Trinajstić information content (AvgIpc) is 3.17. The van der Waals surface area contributed by atoms with Gasteiger partial charge in [0.1, 0.15) is 24.7 Å². The fourth-order valence-corrected chi connectivity index (χ4v) is 4.86. The van der Waals surface area contributed by atoms with E-state index in [1.54, 1.807) is 6.08 Å². The molecule has 0 bridgehead atoms. The second-order valence-electron chi connectivity index (χ2n) is 8.11. The van der Waals surface area contributed by atoms with Crippen molar-refractivity contribution in [3.05, 3.63) is 112 Å². The van der Waals surface area contributed by atoms with E-state index in [9.17, 15) is 9.59 Å². The molecule has 0 aromatic heterocycles. The van der Waals surface area contributed by atoms with Crippen LogP contribution < -0.4 is 9.47 Å². The lowest BCUT2D eigenvalue weighted by atomic mass is 10.0. The van der Waals surface area contributed by atoms with Gasteiger partial charge >= 0.3 is 0 Å². The van der Waals surface area contributed by atoms with E-state index in [1.165, 1.54) is 4.90 Å². The summed E-state index contributed by atoms with van der Waals surface area (Å²) in [7, 11) is 0. The molecule has 5 rings (SSSR count). The molecule has 2 amide bonds. The van der Waals surface area contributed by atoms with Crippen LogP contribution in [0.3, 0.4) is 0 Å². The molecule has 0 radical (unpaired) electrons. The molecule has 1 fully saturated rings. The number of halogens is 1. The predicted molar refractivity (Wildman–Crippen MR) is 144 cm³/mol. The molecule has 0 saturated carbocycles. The molecule has 1 saturated heterocycles. The van der Waals surface area contributed by atoms with E-state index >= 15 is 0 Å². The summed E-state index contributed by atoms with van der Waals surface area (Å²) in [5.41, 5.74) is 1.73. The first-order chi connectivity index (χ1) is 17.6. The summed E-state index contributed by atoms with van der Waals surface area (Å²) in [6, 6.07) is 28.5. The van der Waals surface area contributed by atoms with Crippen molar-refractivity contribution in [1.82, 2.24) is 4.90 Å². The molecule has 1 aliphatic rings. The van der Waals surface area contributed by atoms with Crippen LogP contribution in [0.5, 0.6) is 11.5 Å². The molecule has 0 spiro atoms. The van der Waals surface area contributed by atoms with Crippen LogP contribution in [0.1, 0.15) is 11.1 Å². The van der Waals surface area contributed by atoms with Crippen LogP contribution in [-0.2, 0) is 11.4 Å². The Morgan fingerprint density at radius 1 is 0.833 bits per heavy atom. The van der Waals surface area contributed by atoms with Crippen LogP contribution in [0.4, 0.5) is 4.79 Å². The maximum atomic E-state index is 13.1. The van der Waals surface area contributed by atoms with Gasteiger partial charge in [-0.15, -0.1) is 0 Å². The van der Waals surface area contributed by atoms with E-state index in [2.05, 4.69) is 0 Å². The van der Waals surface area contributed by atoms with Gasteiger partial charge in [-0.1, -0.05) is 72.3 Å². The highest BCUT2D eigenvalue weighted by atomic mass is 35.5. The highest BCUT2D eigenvalue weighted by Crippen LogP contribution is 2.37. The number of ether oxygens (including phenoxy) is 2. The topological polar surface area (TPSA) is 55.8 Å². The molecular weight excluding hydrogens is 494 g/mol. The van der Waals surface area contributed by atoms with Gasteiger partial charge in [0.05, 0.1) is 11.4 Å². The Hall–Kier alpha value is -3.74. The minimum Gasteiger partial charge on any atom is -0.492 e. The van der Waals surface area contributed by atoms with Crippen molar-refractivity contribution in [2.24, 2.45) is 0 Å². The highest BCUT2D eigenvalue weighted by molar-refractivity contribution is 8.18. The van der Waals surface area contributed by atoms with Crippen molar-refractivity contribution in [3.8, 4) is 11.5 Å². The maximum Gasteiger partial charge on any atom is 0.293 e. The van der Waals surface area contributed by atoms with Crippen molar-refractivity contribution in [3.63, 3.8) is 0 Å². The number of hydrogen-bond donors (Lipinski definition) is 0. The first-order valence-corrected chi connectivity index (χ1v) is 12.6. The number of para-hydroxylation sites is 1. The molecule has 1 aliphatic heterocycles. The molecule has 4 aromatic carbocycles. The van der Waals surface area contributed by atoms with E-state index in [0.29, 0.717) is 28.0 Å². The third kappa shape index (κ3) is 5.40. The summed E-state index contributed by atoms with van der Waals surface area (Å²) >= 11 is 6.92. The number of carbonyl (C=O) groups excluding carboxylic acids is 2. The number of rotatable bonds is 8. The minimum atomic E-state index is -0.335. The predicted octanol–water partition coefficient (Wildman–Crippen LogP) is 7.19. The largest absolute Gasteiger partial charge is 0.492 e. The Morgan fingerprint density at radius 2 is 1.58 bits per heavy atom. The standard InChI is InChI=1S/C29H22ClNO4S/c30-22-13-10-20(11-14-22)19-35-26-15-12-21-6-4-5-9-24(21)25(26)18-27-28(32)31(29(33)36-27)16-17-34-23-7-2-1-3-8-23/h1-15,18H,16-17,19H2/b27-18-. The molecule has 0 aliphatic carbocycles. The minimum absolute atomic E-state index is 0.173. The third-order valence-electron chi connectivity index (χ3n) is 5.71. The molecule has 180 valence electrons. The van der Waals surface area contributed by atoms with E-state index in [0.717, 1.165) is 33.7 Å². The zero-order valence-corrected chi connectivity index (χ0v) is 20.8. The lowest BCUT2D eigenvalue weighted by Gasteiger charge is -2.14. The van der Waals surface area contributed by atoms with Crippen molar-refractivity contribution < 1.29 is 19.1 Å². The zero-order valence-electron chi connectivity index (χ0n) is 19.2. The molecular formula is C29H22ClNO4S. The van der Waals surface area contributed by atoms with Crippen molar-refractivity contribution in [2.75, 3.05) is 13.2 Å². The van der Waals surface area contributed by atoms with Gasteiger partial charge in [0.2, 0.25) is 0 Å². The molecule has 5 nitrogen and oxygen atoms in total. The van der Waals surface area contributed by atoms with Gasteiger partial charge in [0.15, 0.2) is 0 Å². The van der Waals surface area contributed by atoms with Gasteiger partial charge in [0, 0.05) is 10.6 Å². The molecule has 1 heterocycles.